The summed E-state index contributed by atoms with van der Waals surface area (Å²) in [5.74, 6) is 0.0815. The highest BCUT2D eigenvalue weighted by Crippen LogP contribution is 2.27. The second-order valence-electron chi connectivity index (χ2n) is 5.99. The molecule has 0 unspecified atom stereocenters. The number of nitro groups is 1. The SMILES string of the molecule is CC(=O)Oc1ccccc1-c1nc2sc(=Cc3cccc([N+](=O)[O-])c3)c(=O)n2n1. The first-order valence-electron chi connectivity index (χ1n) is 8.36. The summed E-state index contributed by atoms with van der Waals surface area (Å²) in [7, 11) is 0. The van der Waals surface area contributed by atoms with Gasteiger partial charge in [0.2, 0.25) is 4.96 Å². The molecule has 0 spiro atoms. The summed E-state index contributed by atoms with van der Waals surface area (Å²) in [5.41, 5.74) is 0.568. The number of thiazole rings is 1. The Labute approximate surface area is 166 Å². The van der Waals surface area contributed by atoms with E-state index in [0.717, 1.165) is 15.9 Å². The Bertz CT molecular complexity index is 1380. The Kier molecular flexibility index (Phi) is 4.61. The molecule has 0 bridgehead atoms. The summed E-state index contributed by atoms with van der Waals surface area (Å²) in [6.07, 6.45) is 1.56. The van der Waals surface area contributed by atoms with E-state index in [-0.39, 0.29) is 17.1 Å². The van der Waals surface area contributed by atoms with Gasteiger partial charge in [-0.05, 0) is 23.8 Å². The van der Waals surface area contributed by atoms with Crippen LogP contribution >= 0.6 is 11.3 Å². The quantitative estimate of drug-likeness (QED) is 0.220. The molecular formula is C19H12N4O5S. The molecule has 0 aliphatic carbocycles. The molecule has 4 aromatic rings. The van der Waals surface area contributed by atoms with Crippen molar-refractivity contribution in [3.63, 3.8) is 0 Å². The first-order valence-corrected chi connectivity index (χ1v) is 9.17. The predicted octanol–water partition coefficient (Wildman–Crippen LogP) is 2.20. The fraction of sp³-hybridized carbons (Fsp3) is 0.0526. The molecule has 10 heteroatoms. The van der Waals surface area contributed by atoms with Crippen LogP contribution in [0, 0.1) is 10.1 Å². The highest BCUT2D eigenvalue weighted by Gasteiger charge is 2.16. The molecule has 0 atom stereocenters. The molecule has 4 rings (SSSR count). The topological polar surface area (TPSA) is 117 Å². The molecule has 0 aliphatic heterocycles. The maximum atomic E-state index is 12.7. The van der Waals surface area contributed by atoms with Crippen LogP contribution in [0.25, 0.3) is 22.4 Å². The summed E-state index contributed by atoms with van der Waals surface area (Å²) in [6.45, 7) is 1.29. The van der Waals surface area contributed by atoms with Gasteiger partial charge in [-0.3, -0.25) is 19.7 Å². The normalized spacial score (nSPS) is 11.7. The fourth-order valence-electron chi connectivity index (χ4n) is 2.72. The van der Waals surface area contributed by atoms with Gasteiger partial charge < -0.3 is 4.74 Å². The molecule has 2 heterocycles. The summed E-state index contributed by atoms with van der Waals surface area (Å²) >= 11 is 1.11. The van der Waals surface area contributed by atoms with E-state index in [1.807, 2.05) is 0 Å². The Morgan fingerprint density at radius 2 is 2.03 bits per heavy atom. The Balaban J connectivity index is 1.78. The number of rotatable bonds is 4. The summed E-state index contributed by atoms with van der Waals surface area (Å²) in [5, 5.41) is 15.2. The van der Waals surface area contributed by atoms with E-state index in [2.05, 4.69) is 10.1 Å². The lowest BCUT2D eigenvalue weighted by atomic mass is 10.2. The van der Waals surface area contributed by atoms with Crippen LogP contribution < -0.4 is 14.8 Å². The molecular weight excluding hydrogens is 396 g/mol. The van der Waals surface area contributed by atoms with Crippen LogP contribution in [0.3, 0.4) is 0 Å². The average Bonchev–Trinajstić information content (AvgIpc) is 3.22. The number of ether oxygens (including phenoxy) is 1. The number of aromatic nitrogens is 3. The molecule has 0 radical (unpaired) electrons. The van der Waals surface area contributed by atoms with Gasteiger partial charge in [0.1, 0.15) is 5.75 Å². The van der Waals surface area contributed by atoms with Crippen LogP contribution in [0.1, 0.15) is 12.5 Å². The monoisotopic (exact) mass is 408 g/mol. The van der Waals surface area contributed by atoms with E-state index in [1.165, 1.54) is 19.1 Å². The lowest BCUT2D eigenvalue weighted by Crippen LogP contribution is -2.23. The molecule has 0 saturated heterocycles. The molecule has 0 aliphatic rings. The van der Waals surface area contributed by atoms with Crippen LogP contribution in [-0.2, 0) is 4.79 Å². The highest BCUT2D eigenvalue weighted by molar-refractivity contribution is 7.15. The number of fused-ring (bicyclic) bond motifs is 1. The number of nitrogens with zero attached hydrogens (tertiary/aromatic N) is 4. The average molecular weight is 408 g/mol. The van der Waals surface area contributed by atoms with Crippen molar-refractivity contribution in [2.45, 2.75) is 6.92 Å². The largest absolute Gasteiger partial charge is 0.426 e. The first kappa shape index (κ1) is 18.4. The minimum atomic E-state index is -0.495. The Morgan fingerprint density at radius 3 is 2.76 bits per heavy atom. The van der Waals surface area contributed by atoms with Gasteiger partial charge in [0.05, 0.1) is 15.0 Å². The van der Waals surface area contributed by atoms with Crippen molar-refractivity contribution in [3.8, 4) is 17.1 Å². The highest BCUT2D eigenvalue weighted by atomic mass is 32.1. The molecule has 9 nitrogen and oxygen atoms in total. The second-order valence-corrected chi connectivity index (χ2v) is 7.00. The van der Waals surface area contributed by atoms with Crippen molar-refractivity contribution in [2.24, 2.45) is 0 Å². The van der Waals surface area contributed by atoms with Gasteiger partial charge in [-0.25, -0.2) is 0 Å². The van der Waals surface area contributed by atoms with Crippen molar-refractivity contribution < 1.29 is 14.5 Å². The molecule has 2 aromatic carbocycles. The maximum Gasteiger partial charge on any atom is 0.308 e. The number of nitro benzene ring substituents is 1. The van der Waals surface area contributed by atoms with Gasteiger partial charge >= 0.3 is 5.97 Å². The smallest absolute Gasteiger partial charge is 0.308 e. The third-order valence-corrected chi connectivity index (χ3v) is 4.90. The first-order chi connectivity index (χ1) is 13.9. The predicted molar refractivity (Wildman–Crippen MR) is 106 cm³/mol. The van der Waals surface area contributed by atoms with Crippen LogP contribution in [0.15, 0.2) is 53.3 Å². The minimum absolute atomic E-state index is 0.0602. The lowest BCUT2D eigenvalue weighted by Gasteiger charge is -2.04. The molecule has 144 valence electrons. The summed E-state index contributed by atoms with van der Waals surface area (Å²) < 4.78 is 6.68. The lowest BCUT2D eigenvalue weighted by molar-refractivity contribution is -0.384. The second kappa shape index (κ2) is 7.24. The number of hydrogen-bond acceptors (Lipinski definition) is 8. The summed E-state index contributed by atoms with van der Waals surface area (Å²) in [4.78, 5) is 39.1. The zero-order valence-electron chi connectivity index (χ0n) is 14.9. The molecule has 0 amide bonds. The van der Waals surface area contributed by atoms with E-state index in [1.54, 1.807) is 42.5 Å². The van der Waals surface area contributed by atoms with Crippen LogP contribution in [0.2, 0.25) is 0 Å². The van der Waals surface area contributed by atoms with Crippen molar-refractivity contribution in [3.05, 3.63) is 79.1 Å². The molecule has 0 fully saturated rings. The zero-order chi connectivity index (χ0) is 20.5. The van der Waals surface area contributed by atoms with Gasteiger partial charge in [0.15, 0.2) is 5.82 Å². The van der Waals surface area contributed by atoms with Gasteiger partial charge in [0.25, 0.3) is 11.2 Å². The van der Waals surface area contributed by atoms with E-state index >= 15 is 0 Å². The number of esters is 1. The molecule has 2 aromatic heterocycles. The number of hydrogen-bond donors (Lipinski definition) is 0. The van der Waals surface area contributed by atoms with E-state index in [9.17, 15) is 19.7 Å². The van der Waals surface area contributed by atoms with Crippen molar-refractivity contribution in [2.75, 3.05) is 0 Å². The fourth-order valence-corrected chi connectivity index (χ4v) is 3.63. The number of carbonyl (C=O) groups excluding carboxylic acids is 1. The molecule has 0 saturated carbocycles. The number of carbonyl (C=O) groups is 1. The standard InChI is InChI=1S/C19H12N4O5S/c1-11(24)28-15-8-3-2-7-14(15)17-20-19-22(21-17)18(25)16(29-19)10-12-5-4-6-13(9-12)23(26)27/h2-10H,1H3. The Hall–Kier alpha value is -3.92. The third-order valence-electron chi connectivity index (χ3n) is 3.94. The van der Waals surface area contributed by atoms with Crippen molar-refractivity contribution in [1.82, 2.24) is 14.6 Å². The van der Waals surface area contributed by atoms with Crippen LogP contribution in [0.5, 0.6) is 5.75 Å². The zero-order valence-corrected chi connectivity index (χ0v) is 15.8. The van der Waals surface area contributed by atoms with Crippen molar-refractivity contribution >= 4 is 34.0 Å². The number of para-hydroxylation sites is 1. The molecule has 0 N–H and O–H groups in total. The van der Waals surface area contributed by atoms with Gasteiger partial charge in [-0.15, -0.1) is 5.10 Å². The maximum absolute atomic E-state index is 12.7. The number of benzene rings is 2. The Morgan fingerprint density at radius 1 is 1.24 bits per heavy atom. The van der Waals surface area contributed by atoms with Crippen LogP contribution in [0.4, 0.5) is 5.69 Å². The van der Waals surface area contributed by atoms with E-state index < -0.39 is 10.9 Å². The van der Waals surface area contributed by atoms with E-state index in [4.69, 9.17) is 4.74 Å². The van der Waals surface area contributed by atoms with E-state index in [0.29, 0.717) is 26.4 Å². The minimum Gasteiger partial charge on any atom is -0.426 e. The van der Waals surface area contributed by atoms with Gasteiger partial charge in [-0.1, -0.05) is 35.6 Å². The summed E-state index contributed by atoms with van der Waals surface area (Å²) in [6, 6.07) is 12.8. The third kappa shape index (κ3) is 3.60. The number of non-ortho nitro benzene ring substituents is 1. The van der Waals surface area contributed by atoms with Gasteiger partial charge in [-0.2, -0.15) is 9.50 Å². The van der Waals surface area contributed by atoms with Crippen molar-refractivity contribution in [1.29, 1.82) is 0 Å². The molecule has 29 heavy (non-hydrogen) atoms. The van der Waals surface area contributed by atoms with Crippen LogP contribution in [-0.4, -0.2) is 25.5 Å². The van der Waals surface area contributed by atoms with Gasteiger partial charge in [0, 0.05) is 19.1 Å².